The molecule has 1 N–H and O–H groups in total. The molecule has 6 heteroatoms. The van der Waals surface area contributed by atoms with Gasteiger partial charge in [0.25, 0.3) is 0 Å². The predicted molar refractivity (Wildman–Crippen MR) is 45.8 cm³/mol. The number of carbonyl (C=O) groups is 1. The lowest BCUT2D eigenvalue weighted by molar-refractivity contribution is -0.137. The molecule has 1 rings (SSSR count). The molecular weight excluding hydrogens is 202 g/mol. The highest BCUT2D eigenvalue weighted by Crippen LogP contribution is 2.10. The molecule has 0 aliphatic carbocycles. The van der Waals surface area contributed by atoms with Crippen molar-refractivity contribution in [2.24, 2.45) is 0 Å². The summed E-state index contributed by atoms with van der Waals surface area (Å²) in [4.78, 5) is 20.9. The summed E-state index contributed by atoms with van der Waals surface area (Å²) in [5.41, 5.74) is 0. The van der Waals surface area contributed by atoms with Crippen molar-refractivity contribution in [1.29, 1.82) is 0 Å². The zero-order chi connectivity index (χ0) is 9.14. The van der Waals surface area contributed by atoms with E-state index in [0.29, 0.717) is 4.34 Å². The van der Waals surface area contributed by atoms with Gasteiger partial charge in [-0.3, -0.25) is 9.59 Å². The van der Waals surface area contributed by atoms with Crippen LogP contribution in [-0.2, 0) is 11.3 Å². The van der Waals surface area contributed by atoms with Crippen LogP contribution in [-0.4, -0.2) is 15.6 Å². The summed E-state index contributed by atoms with van der Waals surface area (Å²) in [6.45, 7) is 0.178. The summed E-state index contributed by atoms with van der Waals surface area (Å²) in [6, 6.07) is 0. The van der Waals surface area contributed by atoms with Gasteiger partial charge in [0.05, 0.1) is 6.42 Å². The third kappa shape index (κ3) is 2.35. The van der Waals surface area contributed by atoms with Crippen LogP contribution < -0.4 is 4.87 Å². The predicted octanol–water partition coefficient (Wildman–Crippen LogP) is 1.04. The Balaban J connectivity index is 2.69. The molecule has 1 heterocycles. The molecule has 0 radical (unpaired) electrons. The lowest BCUT2D eigenvalue weighted by Crippen LogP contribution is -2.14. The Kier molecular flexibility index (Phi) is 2.88. The molecule has 1 aromatic heterocycles. The zero-order valence-corrected chi connectivity index (χ0v) is 7.56. The zero-order valence-electron chi connectivity index (χ0n) is 5.99. The molecule has 0 fully saturated rings. The number of aryl methyl sites for hydroxylation is 1. The highest BCUT2D eigenvalue weighted by atomic mass is 35.5. The molecule has 0 bridgehead atoms. The summed E-state index contributed by atoms with van der Waals surface area (Å²) >= 11 is 6.43. The molecule has 0 atom stereocenters. The fraction of sp³-hybridized carbons (Fsp3) is 0.333. The lowest BCUT2D eigenvalue weighted by Gasteiger charge is -1.94. The molecule has 12 heavy (non-hydrogen) atoms. The van der Waals surface area contributed by atoms with Gasteiger partial charge in [-0.05, 0) is 0 Å². The molecule has 0 aliphatic rings. The van der Waals surface area contributed by atoms with Crippen molar-refractivity contribution < 1.29 is 9.90 Å². The number of carboxylic acids is 1. The van der Waals surface area contributed by atoms with Gasteiger partial charge in [0.2, 0.25) is 0 Å². The van der Waals surface area contributed by atoms with Crippen molar-refractivity contribution in [3.63, 3.8) is 0 Å². The summed E-state index contributed by atoms with van der Waals surface area (Å²) in [5, 5.41) is 8.33. The van der Waals surface area contributed by atoms with Crippen molar-refractivity contribution in [1.82, 2.24) is 4.57 Å². The second-order valence-electron chi connectivity index (χ2n) is 2.14. The standard InChI is InChI=1S/C6H6ClNO3S/c7-4-3-8(6(11)12-4)2-1-5(9)10/h3H,1-2H2,(H,9,10). The average Bonchev–Trinajstić information content (AvgIpc) is 2.26. The summed E-state index contributed by atoms with van der Waals surface area (Å²) in [6.07, 6.45) is 1.38. The van der Waals surface area contributed by atoms with Crippen LogP contribution in [0.3, 0.4) is 0 Å². The number of aliphatic carboxylic acids is 1. The van der Waals surface area contributed by atoms with Crippen molar-refractivity contribution in [3.8, 4) is 0 Å². The van der Waals surface area contributed by atoms with Crippen molar-refractivity contribution in [2.45, 2.75) is 13.0 Å². The molecule has 0 amide bonds. The van der Waals surface area contributed by atoms with Gasteiger partial charge >= 0.3 is 10.8 Å². The van der Waals surface area contributed by atoms with E-state index < -0.39 is 5.97 Å². The number of rotatable bonds is 3. The van der Waals surface area contributed by atoms with Crippen LogP contribution >= 0.6 is 22.9 Å². The molecule has 0 aliphatic heterocycles. The first-order valence-electron chi connectivity index (χ1n) is 3.17. The number of hydrogen-bond donors (Lipinski definition) is 1. The van der Waals surface area contributed by atoms with Gasteiger partial charge in [0.15, 0.2) is 0 Å². The van der Waals surface area contributed by atoms with Crippen LogP contribution in [0.15, 0.2) is 11.0 Å². The molecule has 0 aromatic carbocycles. The van der Waals surface area contributed by atoms with Crippen LogP contribution in [0, 0.1) is 0 Å². The van der Waals surface area contributed by atoms with Crippen molar-refractivity contribution in [2.75, 3.05) is 0 Å². The van der Waals surface area contributed by atoms with Gasteiger partial charge in [0, 0.05) is 12.7 Å². The Morgan fingerprint density at radius 2 is 2.42 bits per heavy atom. The summed E-state index contributed by atoms with van der Waals surface area (Å²) in [7, 11) is 0. The molecule has 0 saturated carbocycles. The molecular formula is C6H6ClNO3S. The van der Waals surface area contributed by atoms with Gasteiger partial charge < -0.3 is 9.67 Å². The molecule has 0 unspecified atom stereocenters. The van der Waals surface area contributed by atoms with Crippen LogP contribution in [0.5, 0.6) is 0 Å². The van der Waals surface area contributed by atoms with Crippen LogP contribution in [0.1, 0.15) is 6.42 Å². The molecule has 1 aromatic rings. The fourth-order valence-electron chi connectivity index (χ4n) is 0.716. The quantitative estimate of drug-likeness (QED) is 0.806. The maximum absolute atomic E-state index is 11.0. The number of halogens is 1. The molecule has 0 saturated heterocycles. The number of hydrogen-bond acceptors (Lipinski definition) is 3. The van der Waals surface area contributed by atoms with E-state index in [1.807, 2.05) is 0 Å². The Labute approximate surface area is 77.0 Å². The van der Waals surface area contributed by atoms with E-state index in [1.165, 1.54) is 10.8 Å². The minimum absolute atomic E-state index is 0.0625. The maximum Gasteiger partial charge on any atom is 0.308 e. The van der Waals surface area contributed by atoms with Crippen LogP contribution in [0.25, 0.3) is 0 Å². The highest BCUT2D eigenvalue weighted by molar-refractivity contribution is 7.13. The first-order chi connectivity index (χ1) is 5.59. The van der Waals surface area contributed by atoms with Gasteiger partial charge in [0.1, 0.15) is 4.34 Å². The number of nitrogens with zero attached hydrogens (tertiary/aromatic N) is 1. The maximum atomic E-state index is 11.0. The number of aromatic nitrogens is 1. The van der Waals surface area contributed by atoms with Crippen molar-refractivity contribution >= 4 is 28.9 Å². The third-order valence-electron chi connectivity index (χ3n) is 1.24. The fourth-order valence-corrected chi connectivity index (χ4v) is 1.64. The second kappa shape index (κ2) is 3.73. The number of thiazole rings is 1. The van der Waals surface area contributed by atoms with Gasteiger partial charge in [-0.25, -0.2) is 0 Å². The summed E-state index contributed by atoms with van der Waals surface area (Å²) in [5.74, 6) is -0.927. The largest absolute Gasteiger partial charge is 0.481 e. The molecule has 66 valence electrons. The summed E-state index contributed by atoms with van der Waals surface area (Å²) < 4.78 is 1.67. The first kappa shape index (κ1) is 9.28. The number of carboxylic acid groups (broad SMARTS) is 1. The highest BCUT2D eigenvalue weighted by Gasteiger charge is 2.03. The van der Waals surface area contributed by atoms with Gasteiger partial charge in [-0.15, -0.1) is 0 Å². The average molecular weight is 208 g/mol. The molecule has 4 nitrogen and oxygen atoms in total. The van der Waals surface area contributed by atoms with Crippen LogP contribution in [0.4, 0.5) is 0 Å². The normalized spacial score (nSPS) is 10.1. The first-order valence-corrected chi connectivity index (χ1v) is 4.36. The van der Waals surface area contributed by atoms with E-state index in [4.69, 9.17) is 16.7 Å². The minimum Gasteiger partial charge on any atom is -0.481 e. The van der Waals surface area contributed by atoms with E-state index in [9.17, 15) is 9.59 Å². The van der Waals surface area contributed by atoms with E-state index in [-0.39, 0.29) is 17.8 Å². The van der Waals surface area contributed by atoms with Gasteiger partial charge in [-0.2, -0.15) is 0 Å². The van der Waals surface area contributed by atoms with Crippen LogP contribution in [0.2, 0.25) is 4.34 Å². The minimum atomic E-state index is -0.927. The SMILES string of the molecule is O=C(O)CCn1cc(Cl)sc1=O. The second-order valence-corrected chi connectivity index (χ2v) is 3.76. The third-order valence-corrected chi connectivity index (χ3v) is 2.28. The lowest BCUT2D eigenvalue weighted by atomic mass is 10.4. The van der Waals surface area contributed by atoms with Crippen molar-refractivity contribution in [3.05, 3.63) is 20.2 Å². The topological polar surface area (TPSA) is 59.3 Å². The Bertz CT molecular complexity index is 343. The van der Waals surface area contributed by atoms with E-state index in [0.717, 1.165) is 11.3 Å². The molecule has 0 spiro atoms. The van der Waals surface area contributed by atoms with E-state index in [2.05, 4.69) is 0 Å². The Hall–Kier alpha value is -0.810. The van der Waals surface area contributed by atoms with E-state index >= 15 is 0 Å². The van der Waals surface area contributed by atoms with Gasteiger partial charge in [-0.1, -0.05) is 22.9 Å². The monoisotopic (exact) mass is 207 g/mol. The Morgan fingerprint density at radius 1 is 1.75 bits per heavy atom. The smallest absolute Gasteiger partial charge is 0.308 e. The van der Waals surface area contributed by atoms with E-state index in [1.54, 1.807) is 0 Å². The Morgan fingerprint density at radius 3 is 2.83 bits per heavy atom.